The van der Waals surface area contributed by atoms with Crippen LogP contribution in [0.5, 0.6) is 5.75 Å². The number of hydrogen-bond acceptors (Lipinski definition) is 7. The van der Waals surface area contributed by atoms with E-state index in [1.54, 1.807) is 24.3 Å². The largest absolute Gasteiger partial charge is 0.482 e. The molecule has 0 spiro atoms. The van der Waals surface area contributed by atoms with Crippen LogP contribution < -0.4 is 4.74 Å². The molecule has 0 aliphatic rings. The van der Waals surface area contributed by atoms with Gasteiger partial charge in [-0.1, -0.05) is 12.1 Å². The second kappa shape index (κ2) is 8.44. The fraction of sp³-hybridized carbons (Fsp3) is 0.176. The fourth-order valence-electron chi connectivity index (χ4n) is 1.87. The monoisotopic (exact) mass is 345 g/mol. The number of benzene rings is 2. The maximum atomic E-state index is 11.7. The summed E-state index contributed by atoms with van der Waals surface area (Å²) in [5.74, 6) is -0.708. The molecule has 0 radical (unpaired) electrons. The van der Waals surface area contributed by atoms with Crippen LogP contribution in [-0.2, 0) is 20.9 Å². The number of carbonyl (C=O) groups excluding carboxylic acids is 2. The van der Waals surface area contributed by atoms with Crippen molar-refractivity contribution in [2.24, 2.45) is 0 Å². The van der Waals surface area contributed by atoms with Crippen molar-refractivity contribution < 1.29 is 28.7 Å². The van der Waals surface area contributed by atoms with Gasteiger partial charge in [-0.25, -0.2) is 9.59 Å². The number of ether oxygens (including phenoxy) is 3. The van der Waals surface area contributed by atoms with Crippen molar-refractivity contribution in [2.75, 3.05) is 13.7 Å². The molecule has 130 valence electrons. The van der Waals surface area contributed by atoms with Crippen molar-refractivity contribution in [1.29, 1.82) is 0 Å². The third-order valence-corrected chi connectivity index (χ3v) is 3.18. The van der Waals surface area contributed by atoms with Crippen LogP contribution in [-0.4, -0.2) is 30.6 Å². The summed E-state index contributed by atoms with van der Waals surface area (Å²) >= 11 is 0. The molecule has 0 unspecified atom stereocenters. The standard InChI is InChI=1S/C17H15NO7/c1-23-17(20)13-4-2-12(3-5-13)10-25-16(19)11-24-15-8-6-14(7-9-15)18(21)22/h2-9H,10-11H2,1H3. The van der Waals surface area contributed by atoms with E-state index < -0.39 is 16.9 Å². The molecule has 2 rings (SSSR count). The van der Waals surface area contributed by atoms with Gasteiger partial charge in [0.25, 0.3) is 5.69 Å². The summed E-state index contributed by atoms with van der Waals surface area (Å²) in [4.78, 5) is 33.0. The first-order valence-electron chi connectivity index (χ1n) is 7.19. The van der Waals surface area contributed by atoms with Crippen molar-refractivity contribution in [1.82, 2.24) is 0 Å². The SMILES string of the molecule is COC(=O)c1ccc(COC(=O)COc2ccc([N+](=O)[O-])cc2)cc1. The molecule has 8 heteroatoms. The number of rotatable bonds is 7. The van der Waals surface area contributed by atoms with E-state index in [4.69, 9.17) is 9.47 Å². The molecule has 2 aromatic carbocycles. The predicted molar refractivity (Wildman–Crippen MR) is 86.2 cm³/mol. The Morgan fingerprint density at radius 1 is 1.04 bits per heavy atom. The van der Waals surface area contributed by atoms with Crippen LogP contribution in [0.3, 0.4) is 0 Å². The van der Waals surface area contributed by atoms with Crippen LogP contribution in [0, 0.1) is 10.1 Å². The molecular formula is C17H15NO7. The molecule has 0 amide bonds. The van der Waals surface area contributed by atoms with E-state index in [2.05, 4.69) is 4.74 Å². The molecule has 0 aliphatic heterocycles. The number of nitrogens with zero attached hydrogens (tertiary/aromatic N) is 1. The molecule has 0 heterocycles. The van der Waals surface area contributed by atoms with Crippen molar-refractivity contribution in [3.8, 4) is 5.75 Å². The maximum Gasteiger partial charge on any atom is 0.344 e. The van der Waals surface area contributed by atoms with Crippen molar-refractivity contribution >= 4 is 17.6 Å². The van der Waals surface area contributed by atoms with E-state index in [-0.39, 0.29) is 18.9 Å². The normalized spacial score (nSPS) is 9.96. The highest BCUT2D eigenvalue weighted by molar-refractivity contribution is 5.89. The molecule has 0 aromatic heterocycles. The molecule has 2 aromatic rings. The molecule has 0 N–H and O–H groups in total. The van der Waals surface area contributed by atoms with Crippen LogP contribution in [0.25, 0.3) is 0 Å². The molecule has 25 heavy (non-hydrogen) atoms. The van der Waals surface area contributed by atoms with E-state index in [1.165, 1.54) is 31.4 Å². The number of carbonyl (C=O) groups is 2. The van der Waals surface area contributed by atoms with Crippen molar-refractivity contribution in [2.45, 2.75) is 6.61 Å². The van der Waals surface area contributed by atoms with Gasteiger partial charge in [0, 0.05) is 12.1 Å². The van der Waals surface area contributed by atoms with E-state index in [0.29, 0.717) is 16.9 Å². The number of methoxy groups -OCH3 is 1. The fourth-order valence-corrected chi connectivity index (χ4v) is 1.87. The molecule has 0 saturated heterocycles. The Labute approximate surface area is 143 Å². The second-order valence-electron chi connectivity index (χ2n) is 4.89. The van der Waals surface area contributed by atoms with Gasteiger partial charge in [-0.15, -0.1) is 0 Å². The molecule has 0 aliphatic carbocycles. The highest BCUT2D eigenvalue weighted by Crippen LogP contribution is 2.17. The van der Waals surface area contributed by atoms with Crippen LogP contribution in [0.15, 0.2) is 48.5 Å². The Morgan fingerprint density at radius 2 is 1.68 bits per heavy atom. The third-order valence-electron chi connectivity index (χ3n) is 3.18. The minimum atomic E-state index is -0.588. The summed E-state index contributed by atoms with van der Waals surface area (Å²) in [6.07, 6.45) is 0. The Kier molecular flexibility index (Phi) is 6.05. The zero-order valence-corrected chi connectivity index (χ0v) is 13.3. The summed E-state index contributed by atoms with van der Waals surface area (Å²) in [6.45, 7) is -0.290. The summed E-state index contributed by atoms with van der Waals surface area (Å²) in [7, 11) is 1.29. The van der Waals surface area contributed by atoms with E-state index in [9.17, 15) is 19.7 Å². The van der Waals surface area contributed by atoms with Crippen LogP contribution in [0.1, 0.15) is 15.9 Å². The maximum absolute atomic E-state index is 11.7. The van der Waals surface area contributed by atoms with Gasteiger partial charge in [0.1, 0.15) is 12.4 Å². The number of hydrogen-bond donors (Lipinski definition) is 0. The van der Waals surface area contributed by atoms with E-state index in [0.717, 1.165) is 0 Å². The number of nitro groups is 1. The molecular weight excluding hydrogens is 330 g/mol. The first-order valence-corrected chi connectivity index (χ1v) is 7.19. The summed E-state index contributed by atoms with van der Waals surface area (Å²) in [5.41, 5.74) is 1.04. The number of esters is 2. The molecule has 0 fully saturated rings. The molecule has 8 nitrogen and oxygen atoms in total. The topological polar surface area (TPSA) is 105 Å². The van der Waals surface area contributed by atoms with Crippen molar-refractivity contribution in [3.05, 3.63) is 69.8 Å². The lowest BCUT2D eigenvalue weighted by Crippen LogP contribution is -2.14. The predicted octanol–water partition coefficient (Wildman–Crippen LogP) is 2.50. The Morgan fingerprint density at radius 3 is 2.24 bits per heavy atom. The van der Waals surface area contributed by atoms with Gasteiger partial charge >= 0.3 is 11.9 Å². The Balaban J connectivity index is 1.78. The highest BCUT2D eigenvalue weighted by atomic mass is 16.6. The smallest absolute Gasteiger partial charge is 0.344 e. The number of non-ortho nitro benzene ring substituents is 1. The van der Waals surface area contributed by atoms with Gasteiger partial charge in [0.2, 0.25) is 0 Å². The van der Waals surface area contributed by atoms with Gasteiger partial charge in [-0.3, -0.25) is 10.1 Å². The molecule has 0 saturated carbocycles. The van der Waals surface area contributed by atoms with Gasteiger partial charge in [-0.05, 0) is 29.8 Å². The first-order chi connectivity index (χ1) is 12.0. The lowest BCUT2D eigenvalue weighted by molar-refractivity contribution is -0.384. The van der Waals surface area contributed by atoms with Crippen LogP contribution in [0.2, 0.25) is 0 Å². The van der Waals surface area contributed by atoms with Gasteiger partial charge in [0.05, 0.1) is 17.6 Å². The summed E-state index contributed by atoms with van der Waals surface area (Å²) in [6, 6.07) is 11.8. The Bertz CT molecular complexity index is 754. The third kappa shape index (κ3) is 5.31. The molecule has 0 bridgehead atoms. The van der Waals surface area contributed by atoms with Gasteiger partial charge in [-0.2, -0.15) is 0 Å². The lowest BCUT2D eigenvalue weighted by Gasteiger charge is -2.07. The van der Waals surface area contributed by atoms with Gasteiger partial charge in [0.15, 0.2) is 6.61 Å². The quantitative estimate of drug-likeness (QED) is 0.431. The average Bonchev–Trinajstić information content (AvgIpc) is 2.64. The minimum Gasteiger partial charge on any atom is -0.482 e. The zero-order valence-electron chi connectivity index (χ0n) is 13.3. The highest BCUT2D eigenvalue weighted by Gasteiger charge is 2.09. The van der Waals surface area contributed by atoms with Crippen LogP contribution in [0.4, 0.5) is 5.69 Å². The summed E-state index contributed by atoms with van der Waals surface area (Å²) < 4.78 is 14.8. The van der Waals surface area contributed by atoms with E-state index in [1.807, 2.05) is 0 Å². The van der Waals surface area contributed by atoms with Crippen LogP contribution >= 0.6 is 0 Å². The molecule has 0 atom stereocenters. The first kappa shape index (κ1) is 17.9. The lowest BCUT2D eigenvalue weighted by atomic mass is 10.1. The van der Waals surface area contributed by atoms with Gasteiger partial charge < -0.3 is 14.2 Å². The Hall–Kier alpha value is -3.42. The zero-order chi connectivity index (χ0) is 18.2. The average molecular weight is 345 g/mol. The van der Waals surface area contributed by atoms with E-state index >= 15 is 0 Å². The minimum absolute atomic E-state index is 0.0317. The summed E-state index contributed by atoms with van der Waals surface area (Å²) in [5, 5.41) is 10.5. The number of nitro benzene ring substituents is 1. The second-order valence-corrected chi connectivity index (χ2v) is 4.89. The van der Waals surface area contributed by atoms with Crippen molar-refractivity contribution in [3.63, 3.8) is 0 Å².